The summed E-state index contributed by atoms with van der Waals surface area (Å²) in [6, 6.07) is 11.8. The Morgan fingerprint density at radius 3 is 2.47 bits per heavy atom. The number of benzene rings is 2. The Morgan fingerprint density at radius 2 is 1.76 bits per heavy atom. The third kappa shape index (κ3) is 2.59. The molecule has 0 unspecified atom stereocenters. The largest absolute Gasteiger partial charge is 0.457 e. The van der Waals surface area contributed by atoms with Gasteiger partial charge in [-0.2, -0.15) is 0 Å². The minimum Gasteiger partial charge on any atom is -0.457 e. The van der Waals surface area contributed by atoms with E-state index < -0.39 is 0 Å². The first-order valence-corrected chi connectivity index (χ1v) is 5.67. The van der Waals surface area contributed by atoms with E-state index in [1.165, 1.54) is 5.56 Å². The zero-order valence-electron chi connectivity index (χ0n) is 10.4. The maximum atomic E-state index is 5.87. The summed E-state index contributed by atoms with van der Waals surface area (Å²) >= 11 is 0. The van der Waals surface area contributed by atoms with Gasteiger partial charge in [0.1, 0.15) is 11.5 Å². The number of nitrogen functional groups attached to an aromatic ring is 1. The molecule has 0 spiro atoms. The van der Waals surface area contributed by atoms with Crippen molar-refractivity contribution >= 4 is 5.69 Å². The molecular formula is C15H17NO. The van der Waals surface area contributed by atoms with Gasteiger partial charge in [-0.3, -0.25) is 0 Å². The quantitative estimate of drug-likeness (QED) is 0.787. The Bertz CT molecular complexity index is 526. The molecule has 2 N–H and O–H groups in total. The Balaban J connectivity index is 2.34. The highest BCUT2D eigenvalue weighted by Gasteiger charge is 2.04. The summed E-state index contributed by atoms with van der Waals surface area (Å²) in [5.41, 5.74) is 10.0. The van der Waals surface area contributed by atoms with Crippen molar-refractivity contribution in [2.24, 2.45) is 0 Å². The first kappa shape index (κ1) is 11.5. The van der Waals surface area contributed by atoms with Crippen LogP contribution in [0.1, 0.15) is 16.7 Å². The summed E-state index contributed by atoms with van der Waals surface area (Å²) in [5.74, 6) is 1.67. The second kappa shape index (κ2) is 4.50. The zero-order valence-corrected chi connectivity index (χ0v) is 10.4. The van der Waals surface area contributed by atoms with E-state index >= 15 is 0 Å². The lowest BCUT2D eigenvalue weighted by atomic mass is 10.1. The van der Waals surface area contributed by atoms with Crippen LogP contribution in [0.3, 0.4) is 0 Å². The fourth-order valence-corrected chi connectivity index (χ4v) is 1.80. The summed E-state index contributed by atoms with van der Waals surface area (Å²) in [5, 5.41) is 0. The molecule has 2 heteroatoms. The van der Waals surface area contributed by atoms with E-state index in [1.807, 2.05) is 37.3 Å². The molecule has 2 rings (SSSR count). The van der Waals surface area contributed by atoms with Gasteiger partial charge < -0.3 is 10.5 Å². The second-order valence-electron chi connectivity index (χ2n) is 4.38. The van der Waals surface area contributed by atoms with Crippen LogP contribution in [0.2, 0.25) is 0 Å². The van der Waals surface area contributed by atoms with Crippen molar-refractivity contribution in [3.05, 3.63) is 53.1 Å². The smallest absolute Gasteiger partial charge is 0.130 e. The van der Waals surface area contributed by atoms with Crippen LogP contribution in [0.25, 0.3) is 0 Å². The lowest BCUT2D eigenvalue weighted by Crippen LogP contribution is -1.92. The van der Waals surface area contributed by atoms with E-state index in [9.17, 15) is 0 Å². The van der Waals surface area contributed by atoms with Crippen molar-refractivity contribution in [1.82, 2.24) is 0 Å². The molecule has 17 heavy (non-hydrogen) atoms. The molecule has 0 aliphatic rings. The van der Waals surface area contributed by atoms with Crippen LogP contribution in [-0.4, -0.2) is 0 Å². The van der Waals surface area contributed by atoms with Crippen LogP contribution in [-0.2, 0) is 0 Å². The van der Waals surface area contributed by atoms with Crippen molar-refractivity contribution in [3.8, 4) is 11.5 Å². The number of rotatable bonds is 2. The molecule has 0 fully saturated rings. The number of hydrogen-bond acceptors (Lipinski definition) is 2. The number of ether oxygens (including phenoxy) is 1. The molecule has 0 amide bonds. The lowest BCUT2D eigenvalue weighted by molar-refractivity contribution is 0.478. The average Bonchev–Trinajstić information content (AvgIpc) is 2.23. The van der Waals surface area contributed by atoms with Crippen LogP contribution in [0.4, 0.5) is 5.69 Å². The van der Waals surface area contributed by atoms with E-state index in [4.69, 9.17) is 10.5 Å². The predicted octanol–water partition coefficient (Wildman–Crippen LogP) is 3.99. The third-order valence-corrected chi connectivity index (χ3v) is 2.86. The van der Waals surface area contributed by atoms with Crippen LogP contribution >= 0.6 is 0 Å². The fourth-order valence-electron chi connectivity index (χ4n) is 1.80. The normalized spacial score (nSPS) is 10.3. The highest BCUT2D eigenvalue weighted by Crippen LogP contribution is 2.28. The highest BCUT2D eigenvalue weighted by molar-refractivity contribution is 5.49. The summed E-state index contributed by atoms with van der Waals surface area (Å²) in [6.45, 7) is 6.14. The molecule has 88 valence electrons. The molecule has 0 atom stereocenters. The van der Waals surface area contributed by atoms with E-state index in [2.05, 4.69) is 19.9 Å². The average molecular weight is 227 g/mol. The van der Waals surface area contributed by atoms with Gasteiger partial charge in [0.15, 0.2) is 0 Å². The van der Waals surface area contributed by atoms with Gasteiger partial charge in [-0.05, 0) is 55.7 Å². The van der Waals surface area contributed by atoms with Gasteiger partial charge in [0.05, 0.1) is 0 Å². The zero-order chi connectivity index (χ0) is 12.4. The van der Waals surface area contributed by atoms with E-state index in [1.54, 1.807) is 0 Å². The number of nitrogens with two attached hydrogens (primary N) is 1. The van der Waals surface area contributed by atoms with Crippen molar-refractivity contribution in [2.75, 3.05) is 5.73 Å². The predicted molar refractivity (Wildman–Crippen MR) is 71.6 cm³/mol. The topological polar surface area (TPSA) is 35.2 Å². The van der Waals surface area contributed by atoms with Crippen molar-refractivity contribution < 1.29 is 4.74 Å². The molecule has 0 aliphatic heterocycles. The van der Waals surface area contributed by atoms with Crippen LogP contribution < -0.4 is 10.5 Å². The first-order valence-electron chi connectivity index (χ1n) is 5.67. The Kier molecular flexibility index (Phi) is 3.05. The molecule has 0 saturated carbocycles. The van der Waals surface area contributed by atoms with Gasteiger partial charge in [-0.25, -0.2) is 0 Å². The summed E-state index contributed by atoms with van der Waals surface area (Å²) in [4.78, 5) is 0. The van der Waals surface area contributed by atoms with Crippen molar-refractivity contribution in [2.45, 2.75) is 20.8 Å². The molecule has 0 saturated heterocycles. The van der Waals surface area contributed by atoms with Crippen LogP contribution in [0.5, 0.6) is 11.5 Å². The van der Waals surface area contributed by atoms with E-state index in [0.717, 1.165) is 28.3 Å². The second-order valence-corrected chi connectivity index (χ2v) is 4.38. The molecule has 0 aromatic heterocycles. The monoisotopic (exact) mass is 227 g/mol. The minimum atomic E-state index is 0.727. The lowest BCUT2D eigenvalue weighted by Gasteiger charge is -2.11. The number of hydrogen-bond donors (Lipinski definition) is 1. The molecule has 0 aliphatic carbocycles. The van der Waals surface area contributed by atoms with Gasteiger partial charge in [-0.15, -0.1) is 0 Å². The standard InChI is InChI=1S/C15H17NO/c1-10-7-13(16)9-14(8-10)17-15-6-4-5-11(2)12(15)3/h4-9H,16H2,1-3H3. The van der Waals surface area contributed by atoms with Crippen molar-refractivity contribution in [3.63, 3.8) is 0 Å². The molecular weight excluding hydrogens is 210 g/mol. The number of aryl methyl sites for hydroxylation is 2. The van der Waals surface area contributed by atoms with Crippen molar-refractivity contribution in [1.29, 1.82) is 0 Å². The highest BCUT2D eigenvalue weighted by atomic mass is 16.5. The van der Waals surface area contributed by atoms with Gasteiger partial charge in [0, 0.05) is 11.8 Å². The first-order chi connectivity index (χ1) is 8.06. The summed E-state index contributed by atoms with van der Waals surface area (Å²) < 4.78 is 5.87. The molecule has 0 radical (unpaired) electrons. The SMILES string of the molecule is Cc1cc(N)cc(Oc2cccc(C)c2C)c1. The molecule has 2 aromatic carbocycles. The Hall–Kier alpha value is -1.96. The van der Waals surface area contributed by atoms with Gasteiger partial charge in [-0.1, -0.05) is 12.1 Å². The van der Waals surface area contributed by atoms with Gasteiger partial charge in [0.25, 0.3) is 0 Å². The number of anilines is 1. The van der Waals surface area contributed by atoms with Crippen LogP contribution in [0.15, 0.2) is 36.4 Å². The summed E-state index contributed by atoms with van der Waals surface area (Å²) in [7, 11) is 0. The maximum Gasteiger partial charge on any atom is 0.130 e. The van der Waals surface area contributed by atoms with Gasteiger partial charge in [0.2, 0.25) is 0 Å². The Labute approximate surface area is 102 Å². The van der Waals surface area contributed by atoms with E-state index in [-0.39, 0.29) is 0 Å². The third-order valence-electron chi connectivity index (χ3n) is 2.86. The van der Waals surface area contributed by atoms with Crippen LogP contribution in [0, 0.1) is 20.8 Å². The maximum absolute atomic E-state index is 5.87. The minimum absolute atomic E-state index is 0.727. The van der Waals surface area contributed by atoms with E-state index in [0.29, 0.717) is 0 Å². The molecule has 0 bridgehead atoms. The fraction of sp³-hybridized carbons (Fsp3) is 0.200. The molecule has 0 heterocycles. The summed E-state index contributed by atoms with van der Waals surface area (Å²) in [6.07, 6.45) is 0. The van der Waals surface area contributed by atoms with Gasteiger partial charge >= 0.3 is 0 Å². The molecule has 2 aromatic rings. The molecule has 2 nitrogen and oxygen atoms in total. The Morgan fingerprint density at radius 1 is 1.00 bits per heavy atom.